The molecule has 0 radical (unpaired) electrons. The van der Waals surface area contributed by atoms with E-state index in [1.807, 2.05) is 0 Å². The van der Waals surface area contributed by atoms with Crippen LogP contribution in [0.4, 0.5) is 0 Å². The molecule has 0 bridgehead atoms. The summed E-state index contributed by atoms with van der Waals surface area (Å²) in [6, 6.07) is 2.74. The number of aromatic carboxylic acids is 1. The fourth-order valence-electron chi connectivity index (χ4n) is 1.37. The molecule has 2 N–H and O–H groups in total. The van der Waals surface area contributed by atoms with Crippen LogP contribution < -0.4 is 4.72 Å². The van der Waals surface area contributed by atoms with Gasteiger partial charge in [0.2, 0.25) is 10.0 Å². The first-order valence-corrected chi connectivity index (χ1v) is 7.80. The summed E-state index contributed by atoms with van der Waals surface area (Å²) in [7, 11) is -3.61. The van der Waals surface area contributed by atoms with Crippen LogP contribution >= 0.6 is 0 Å². The number of esters is 1. The van der Waals surface area contributed by atoms with Crippen molar-refractivity contribution in [2.75, 3.05) is 12.4 Å². The van der Waals surface area contributed by atoms with Crippen LogP contribution in [0.1, 0.15) is 29.4 Å². The standard InChI is InChI=1S/C12H16N2O6S/c1-2-20-11(15)5-6-21(18,19)14-8-9-3-4-10(12(16)17)13-7-9/h3-4,7,14H,2,5-6,8H2,1H3,(H,16,17). The Hall–Kier alpha value is -2.00. The Morgan fingerprint density at radius 2 is 2.10 bits per heavy atom. The third kappa shape index (κ3) is 6.32. The number of carboxylic acids is 1. The first-order valence-electron chi connectivity index (χ1n) is 6.15. The van der Waals surface area contributed by atoms with Crippen molar-refractivity contribution in [3.63, 3.8) is 0 Å². The maximum Gasteiger partial charge on any atom is 0.354 e. The number of rotatable bonds is 8. The SMILES string of the molecule is CCOC(=O)CCS(=O)(=O)NCc1ccc(C(=O)O)nc1. The summed E-state index contributed by atoms with van der Waals surface area (Å²) < 4.78 is 30.2. The van der Waals surface area contributed by atoms with Gasteiger partial charge in [-0.3, -0.25) is 4.79 Å². The van der Waals surface area contributed by atoms with Crippen molar-refractivity contribution in [3.05, 3.63) is 29.6 Å². The Morgan fingerprint density at radius 1 is 1.38 bits per heavy atom. The van der Waals surface area contributed by atoms with Gasteiger partial charge in [-0.15, -0.1) is 0 Å². The molecule has 1 aromatic rings. The fraction of sp³-hybridized carbons (Fsp3) is 0.417. The minimum Gasteiger partial charge on any atom is -0.477 e. The summed E-state index contributed by atoms with van der Waals surface area (Å²) in [6.45, 7) is 1.81. The molecule has 8 nitrogen and oxygen atoms in total. The lowest BCUT2D eigenvalue weighted by molar-refractivity contribution is -0.142. The molecule has 0 atom stereocenters. The Labute approximate surface area is 122 Å². The molecule has 116 valence electrons. The Kier molecular flexibility index (Phi) is 6.25. The van der Waals surface area contributed by atoms with Crippen molar-refractivity contribution in [2.45, 2.75) is 19.9 Å². The molecular weight excluding hydrogens is 300 g/mol. The summed E-state index contributed by atoms with van der Waals surface area (Å²) in [5.74, 6) is -2.10. The zero-order chi connectivity index (χ0) is 15.9. The minimum atomic E-state index is -3.61. The number of sulfonamides is 1. The predicted molar refractivity (Wildman–Crippen MR) is 73.1 cm³/mol. The Bertz CT molecular complexity index is 597. The van der Waals surface area contributed by atoms with Crippen LogP contribution in [0.3, 0.4) is 0 Å². The fourth-order valence-corrected chi connectivity index (χ4v) is 2.34. The maximum atomic E-state index is 11.7. The van der Waals surface area contributed by atoms with E-state index >= 15 is 0 Å². The second-order valence-electron chi connectivity index (χ2n) is 4.05. The number of carbonyl (C=O) groups excluding carboxylic acids is 1. The van der Waals surface area contributed by atoms with Crippen LogP contribution in [0.2, 0.25) is 0 Å². The molecule has 0 amide bonds. The average molecular weight is 316 g/mol. The first-order chi connectivity index (χ1) is 9.84. The van der Waals surface area contributed by atoms with Gasteiger partial charge < -0.3 is 9.84 Å². The second kappa shape index (κ2) is 7.70. The van der Waals surface area contributed by atoms with E-state index in [1.54, 1.807) is 6.92 Å². The summed E-state index contributed by atoms with van der Waals surface area (Å²) >= 11 is 0. The normalized spacial score (nSPS) is 11.1. The van der Waals surface area contributed by atoms with Crippen LogP contribution in [-0.4, -0.2) is 42.8 Å². The molecule has 1 rings (SSSR count). The molecule has 0 fully saturated rings. The van der Waals surface area contributed by atoms with Gasteiger partial charge in [0.25, 0.3) is 0 Å². The molecule has 0 aliphatic carbocycles. The van der Waals surface area contributed by atoms with E-state index in [9.17, 15) is 18.0 Å². The first kappa shape index (κ1) is 17.1. The number of nitrogens with zero attached hydrogens (tertiary/aromatic N) is 1. The molecule has 0 spiro atoms. The molecule has 0 unspecified atom stereocenters. The van der Waals surface area contributed by atoms with E-state index in [0.717, 1.165) is 0 Å². The van der Waals surface area contributed by atoms with E-state index in [1.165, 1.54) is 18.3 Å². The summed E-state index contributed by atoms with van der Waals surface area (Å²) in [6.07, 6.45) is 1.05. The van der Waals surface area contributed by atoms with E-state index in [-0.39, 0.29) is 31.0 Å². The third-order valence-electron chi connectivity index (χ3n) is 2.42. The smallest absolute Gasteiger partial charge is 0.354 e. The zero-order valence-electron chi connectivity index (χ0n) is 11.4. The number of ether oxygens (including phenoxy) is 1. The number of hydrogen-bond acceptors (Lipinski definition) is 6. The quantitative estimate of drug-likeness (QED) is 0.654. The van der Waals surface area contributed by atoms with Crippen LogP contribution in [0, 0.1) is 0 Å². The lowest BCUT2D eigenvalue weighted by atomic mass is 10.2. The second-order valence-corrected chi connectivity index (χ2v) is 5.98. The van der Waals surface area contributed by atoms with Crippen molar-refractivity contribution in [1.29, 1.82) is 0 Å². The van der Waals surface area contributed by atoms with Gasteiger partial charge in [-0.05, 0) is 18.6 Å². The number of hydrogen-bond donors (Lipinski definition) is 2. The molecule has 21 heavy (non-hydrogen) atoms. The van der Waals surface area contributed by atoms with Gasteiger partial charge in [0, 0.05) is 12.7 Å². The number of carbonyl (C=O) groups is 2. The molecule has 1 heterocycles. The van der Waals surface area contributed by atoms with Gasteiger partial charge in [0.05, 0.1) is 18.8 Å². The van der Waals surface area contributed by atoms with Crippen LogP contribution in [-0.2, 0) is 26.1 Å². The molecule has 0 saturated carbocycles. The van der Waals surface area contributed by atoms with Gasteiger partial charge in [-0.1, -0.05) is 6.07 Å². The predicted octanol–water partition coefficient (Wildman–Crippen LogP) is 0.152. The van der Waals surface area contributed by atoms with Crippen LogP contribution in [0.5, 0.6) is 0 Å². The largest absolute Gasteiger partial charge is 0.477 e. The highest BCUT2D eigenvalue weighted by Crippen LogP contribution is 2.02. The van der Waals surface area contributed by atoms with E-state index in [4.69, 9.17) is 5.11 Å². The summed E-state index contributed by atoms with van der Waals surface area (Å²) in [5, 5.41) is 8.68. The van der Waals surface area contributed by atoms with Crippen molar-refractivity contribution in [3.8, 4) is 0 Å². The van der Waals surface area contributed by atoms with E-state index in [0.29, 0.717) is 5.56 Å². The van der Waals surface area contributed by atoms with Gasteiger partial charge >= 0.3 is 11.9 Å². The zero-order valence-corrected chi connectivity index (χ0v) is 12.2. The minimum absolute atomic E-state index is 0.0297. The molecule has 0 saturated heterocycles. The van der Waals surface area contributed by atoms with Crippen LogP contribution in [0.25, 0.3) is 0 Å². The molecule has 0 aromatic carbocycles. The summed E-state index contributed by atoms with van der Waals surface area (Å²) in [4.78, 5) is 25.4. The molecule has 0 aliphatic heterocycles. The number of nitrogens with one attached hydrogen (secondary N) is 1. The monoisotopic (exact) mass is 316 g/mol. The third-order valence-corrected chi connectivity index (χ3v) is 3.75. The van der Waals surface area contributed by atoms with Crippen LogP contribution in [0.15, 0.2) is 18.3 Å². The van der Waals surface area contributed by atoms with Crippen molar-refractivity contribution in [2.24, 2.45) is 0 Å². The molecule has 0 aliphatic rings. The Morgan fingerprint density at radius 3 is 2.62 bits per heavy atom. The van der Waals surface area contributed by atoms with Gasteiger partial charge in [-0.25, -0.2) is 22.9 Å². The van der Waals surface area contributed by atoms with E-state index in [2.05, 4.69) is 14.4 Å². The number of aromatic nitrogens is 1. The number of carboxylic acid groups (broad SMARTS) is 1. The topological polar surface area (TPSA) is 123 Å². The Balaban J connectivity index is 2.49. The van der Waals surface area contributed by atoms with Crippen molar-refractivity contribution < 1.29 is 27.9 Å². The molecular formula is C12H16N2O6S. The van der Waals surface area contributed by atoms with Crippen molar-refractivity contribution in [1.82, 2.24) is 9.71 Å². The van der Waals surface area contributed by atoms with Gasteiger partial charge in [-0.2, -0.15) is 0 Å². The highest BCUT2D eigenvalue weighted by Gasteiger charge is 2.14. The molecule has 9 heteroatoms. The molecule has 1 aromatic heterocycles. The average Bonchev–Trinajstić information content (AvgIpc) is 2.44. The van der Waals surface area contributed by atoms with Gasteiger partial charge in [0.15, 0.2) is 0 Å². The highest BCUT2D eigenvalue weighted by molar-refractivity contribution is 7.89. The van der Waals surface area contributed by atoms with Gasteiger partial charge in [0.1, 0.15) is 5.69 Å². The lowest BCUT2D eigenvalue weighted by Gasteiger charge is -2.06. The summed E-state index contributed by atoms with van der Waals surface area (Å²) in [5.41, 5.74) is 0.392. The highest BCUT2D eigenvalue weighted by atomic mass is 32.2. The van der Waals surface area contributed by atoms with E-state index < -0.39 is 22.0 Å². The number of pyridine rings is 1. The lowest BCUT2D eigenvalue weighted by Crippen LogP contribution is -2.27. The van der Waals surface area contributed by atoms with Crippen molar-refractivity contribution >= 4 is 22.0 Å². The maximum absolute atomic E-state index is 11.7.